The Morgan fingerprint density at radius 1 is 0.917 bits per heavy atom. The van der Waals surface area contributed by atoms with Crippen LogP contribution in [0.15, 0.2) is 0 Å². The van der Waals surface area contributed by atoms with E-state index in [1.807, 2.05) is 0 Å². The van der Waals surface area contributed by atoms with E-state index in [0.717, 1.165) is 37.5 Å². The maximum atomic E-state index is 12.0. The van der Waals surface area contributed by atoms with Crippen molar-refractivity contribution in [2.24, 2.45) is 17.3 Å². The predicted molar refractivity (Wildman–Crippen MR) is 98.8 cm³/mol. The van der Waals surface area contributed by atoms with Gasteiger partial charge in [0.05, 0.1) is 0 Å². The number of fused-ring (bicyclic) bond motifs is 3. The SMILES string of the molecule is CCCCC1CCC(C23CCC(OC(=O)CCC)(CC2)CC3)CC1. The van der Waals surface area contributed by atoms with E-state index in [0.29, 0.717) is 11.8 Å². The van der Waals surface area contributed by atoms with Gasteiger partial charge in [-0.05, 0) is 75.0 Å². The lowest BCUT2D eigenvalue weighted by atomic mass is 9.51. The number of hydrogen-bond donors (Lipinski definition) is 0. The standard InChI is InChI=1S/C22H38O2/c1-3-5-7-18-8-10-19(11-9-18)21-12-15-22(16-13-21,17-14-21)24-20(23)6-4-2/h18-19H,3-17H2,1-2H3. The van der Waals surface area contributed by atoms with Crippen molar-refractivity contribution in [3.05, 3.63) is 0 Å². The Balaban J connectivity index is 1.51. The minimum atomic E-state index is -0.0771. The van der Waals surface area contributed by atoms with Gasteiger partial charge in [-0.15, -0.1) is 0 Å². The monoisotopic (exact) mass is 334 g/mol. The molecule has 2 nitrogen and oxygen atoms in total. The van der Waals surface area contributed by atoms with Crippen LogP contribution in [0.5, 0.6) is 0 Å². The summed E-state index contributed by atoms with van der Waals surface area (Å²) in [6, 6.07) is 0. The van der Waals surface area contributed by atoms with Gasteiger partial charge in [-0.25, -0.2) is 0 Å². The van der Waals surface area contributed by atoms with E-state index >= 15 is 0 Å². The first-order valence-electron chi connectivity index (χ1n) is 10.8. The molecule has 4 aliphatic carbocycles. The third-order valence-electron chi connectivity index (χ3n) is 7.70. The summed E-state index contributed by atoms with van der Waals surface area (Å²) in [7, 11) is 0. The van der Waals surface area contributed by atoms with Gasteiger partial charge in [0.1, 0.15) is 5.60 Å². The Kier molecular flexibility index (Phi) is 5.93. The lowest BCUT2D eigenvalue weighted by Crippen LogP contribution is -2.51. The minimum absolute atomic E-state index is 0.0448. The van der Waals surface area contributed by atoms with Crippen molar-refractivity contribution in [2.45, 2.75) is 116 Å². The van der Waals surface area contributed by atoms with Crippen molar-refractivity contribution in [3.8, 4) is 0 Å². The maximum Gasteiger partial charge on any atom is 0.306 e. The lowest BCUT2D eigenvalue weighted by molar-refractivity contribution is -0.182. The van der Waals surface area contributed by atoms with Gasteiger partial charge in [0.15, 0.2) is 0 Å². The van der Waals surface area contributed by atoms with E-state index in [4.69, 9.17) is 4.74 Å². The first-order chi connectivity index (χ1) is 11.6. The van der Waals surface area contributed by atoms with E-state index in [2.05, 4.69) is 13.8 Å². The van der Waals surface area contributed by atoms with E-state index < -0.39 is 0 Å². The Hall–Kier alpha value is -0.530. The molecule has 138 valence electrons. The van der Waals surface area contributed by atoms with E-state index in [9.17, 15) is 4.79 Å². The molecular weight excluding hydrogens is 296 g/mol. The van der Waals surface area contributed by atoms with Gasteiger partial charge >= 0.3 is 5.97 Å². The van der Waals surface area contributed by atoms with E-state index in [1.165, 1.54) is 64.2 Å². The summed E-state index contributed by atoms with van der Waals surface area (Å²) in [5, 5.41) is 0. The molecule has 0 heterocycles. The van der Waals surface area contributed by atoms with Crippen molar-refractivity contribution in [1.29, 1.82) is 0 Å². The molecule has 0 saturated heterocycles. The number of ether oxygens (including phenoxy) is 1. The highest BCUT2D eigenvalue weighted by Gasteiger charge is 2.53. The van der Waals surface area contributed by atoms with Crippen LogP contribution in [0.25, 0.3) is 0 Å². The van der Waals surface area contributed by atoms with Crippen LogP contribution in [-0.2, 0) is 9.53 Å². The highest BCUT2D eigenvalue weighted by atomic mass is 16.6. The van der Waals surface area contributed by atoms with Gasteiger partial charge in [-0.3, -0.25) is 4.79 Å². The third kappa shape index (κ3) is 3.83. The molecule has 0 aromatic rings. The third-order valence-corrected chi connectivity index (χ3v) is 7.70. The predicted octanol–water partition coefficient (Wildman–Crippen LogP) is 6.42. The number of carbonyl (C=O) groups excluding carboxylic acids is 1. The van der Waals surface area contributed by atoms with Crippen LogP contribution in [0, 0.1) is 17.3 Å². The molecule has 0 amide bonds. The molecule has 0 atom stereocenters. The molecule has 4 rings (SSSR count). The summed E-state index contributed by atoms with van der Waals surface area (Å²) in [6.45, 7) is 4.37. The fourth-order valence-corrected chi connectivity index (χ4v) is 6.00. The highest BCUT2D eigenvalue weighted by molar-refractivity contribution is 5.69. The zero-order valence-electron chi connectivity index (χ0n) is 16.1. The van der Waals surface area contributed by atoms with Gasteiger partial charge in [0, 0.05) is 6.42 Å². The van der Waals surface area contributed by atoms with Crippen molar-refractivity contribution in [1.82, 2.24) is 0 Å². The van der Waals surface area contributed by atoms with Crippen LogP contribution >= 0.6 is 0 Å². The molecule has 4 saturated carbocycles. The number of esters is 1. The number of rotatable bonds is 7. The largest absolute Gasteiger partial charge is 0.459 e. The number of carbonyl (C=O) groups is 1. The van der Waals surface area contributed by atoms with Crippen LogP contribution in [0.3, 0.4) is 0 Å². The fraction of sp³-hybridized carbons (Fsp3) is 0.955. The first-order valence-corrected chi connectivity index (χ1v) is 10.8. The molecule has 0 aliphatic heterocycles. The van der Waals surface area contributed by atoms with Crippen LogP contribution in [-0.4, -0.2) is 11.6 Å². The molecule has 2 bridgehead atoms. The van der Waals surface area contributed by atoms with Crippen LogP contribution in [0.1, 0.15) is 110 Å². The molecule has 4 aliphatic rings. The molecule has 0 N–H and O–H groups in total. The second kappa shape index (κ2) is 7.79. The summed E-state index contributed by atoms with van der Waals surface area (Å²) < 4.78 is 5.96. The molecule has 24 heavy (non-hydrogen) atoms. The minimum Gasteiger partial charge on any atom is -0.459 e. The van der Waals surface area contributed by atoms with Gasteiger partial charge in [-0.1, -0.05) is 46.0 Å². The lowest BCUT2D eigenvalue weighted by Gasteiger charge is -2.56. The molecular formula is C22H38O2. The molecule has 0 aromatic heterocycles. The Morgan fingerprint density at radius 3 is 2.08 bits per heavy atom. The highest BCUT2D eigenvalue weighted by Crippen LogP contribution is 2.60. The zero-order valence-corrected chi connectivity index (χ0v) is 16.1. The average Bonchev–Trinajstić information content (AvgIpc) is 2.62. The van der Waals surface area contributed by atoms with Crippen molar-refractivity contribution in [2.75, 3.05) is 0 Å². The van der Waals surface area contributed by atoms with Crippen molar-refractivity contribution < 1.29 is 9.53 Å². The summed E-state index contributed by atoms with van der Waals surface area (Å²) in [4.78, 5) is 12.0. The van der Waals surface area contributed by atoms with Crippen LogP contribution < -0.4 is 0 Å². The smallest absolute Gasteiger partial charge is 0.306 e. The quantitative estimate of drug-likeness (QED) is 0.502. The van der Waals surface area contributed by atoms with Crippen molar-refractivity contribution in [3.63, 3.8) is 0 Å². The fourth-order valence-electron chi connectivity index (χ4n) is 6.00. The topological polar surface area (TPSA) is 26.3 Å². The molecule has 4 fully saturated rings. The van der Waals surface area contributed by atoms with E-state index in [1.54, 1.807) is 0 Å². The van der Waals surface area contributed by atoms with E-state index in [-0.39, 0.29) is 11.6 Å². The second-order valence-corrected chi connectivity index (χ2v) is 9.13. The van der Waals surface area contributed by atoms with Gasteiger partial charge in [0.25, 0.3) is 0 Å². The maximum absolute atomic E-state index is 12.0. The van der Waals surface area contributed by atoms with Gasteiger partial charge < -0.3 is 4.74 Å². The Bertz CT molecular complexity index is 395. The Labute approximate surface area is 149 Å². The molecule has 0 aromatic carbocycles. The molecule has 2 heteroatoms. The average molecular weight is 335 g/mol. The molecule has 0 unspecified atom stereocenters. The summed E-state index contributed by atoms with van der Waals surface area (Å²) in [5.41, 5.74) is 0.529. The Morgan fingerprint density at radius 2 is 1.54 bits per heavy atom. The number of hydrogen-bond acceptors (Lipinski definition) is 2. The summed E-state index contributed by atoms with van der Waals surface area (Å²) in [6.07, 6.45) is 19.0. The number of unbranched alkanes of at least 4 members (excludes halogenated alkanes) is 1. The molecule has 0 spiro atoms. The normalized spacial score (nSPS) is 38.9. The molecule has 0 radical (unpaired) electrons. The van der Waals surface area contributed by atoms with Crippen molar-refractivity contribution >= 4 is 5.97 Å². The second-order valence-electron chi connectivity index (χ2n) is 9.13. The van der Waals surface area contributed by atoms with Crippen LogP contribution in [0.2, 0.25) is 0 Å². The first kappa shape index (κ1) is 18.3. The van der Waals surface area contributed by atoms with Gasteiger partial charge in [0.2, 0.25) is 0 Å². The zero-order chi connectivity index (χ0) is 17.0. The van der Waals surface area contributed by atoms with Gasteiger partial charge in [-0.2, -0.15) is 0 Å². The van der Waals surface area contributed by atoms with Crippen LogP contribution in [0.4, 0.5) is 0 Å². The summed E-state index contributed by atoms with van der Waals surface area (Å²) >= 11 is 0. The summed E-state index contributed by atoms with van der Waals surface area (Å²) in [5.74, 6) is 2.02.